The van der Waals surface area contributed by atoms with Crippen LogP contribution in [0, 0.1) is 23.7 Å². The molecule has 5 nitrogen and oxygen atoms in total. The Balaban J connectivity index is 2.08. The predicted molar refractivity (Wildman–Crippen MR) is 72.5 cm³/mol. The molecule has 0 radical (unpaired) electrons. The zero-order valence-electron chi connectivity index (χ0n) is 12.1. The molecule has 2 fully saturated rings. The Morgan fingerprint density at radius 2 is 1.95 bits per heavy atom. The highest BCUT2D eigenvalue weighted by molar-refractivity contribution is 5.85. The first-order valence-electron chi connectivity index (χ1n) is 7.38. The number of hydrogen-bond donors (Lipinski definition) is 1. The zero-order chi connectivity index (χ0) is 14.9. The van der Waals surface area contributed by atoms with Crippen LogP contribution in [-0.2, 0) is 19.1 Å². The molecule has 0 unspecified atom stereocenters. The number of cyclic esters (lactones) is 1. The van der Waals surface area contributed by atoms with Crippen molar-refractivity contribution in [2.75, 3.05) is 0 Å². The molecule has 1 saturated heterocycles. The Bertz CT molecular complexity index is 418. The molecular weight excluding hydrogens is 258 g/mol. The van der Waals surface area contributed by atoms with Gasteiger partial charge in [0, 0.05) is 18.8 Å². The van der Waals surface area contributed by atoms with Gasteiger partial charge in [-0.15, -0.1) is 0 Å². The molecule has 2 rings (SSSR count). The lowest BCUT2D eigenvalue weighted by molar-refractivity contribution is -0.164. The topological polar surface area (TPSA) is 86.5 Å². The SMILES string of the molecule is C[C@@H]1C[C@@H](C)C(=O)[C@H]([C@@H]2C[C@H](CC(N)=O)CC(=O)O2)C1. The number of nitrogens with two attached hydrogens (primary N) is 1. The van der Waals surface area contributed by atoms with Gasteiger partial charge in [-0.3, -0.25) is 14.4 Å². The molecule has 0 spiro atoms. The molecule has 1 amide bonds. The summed E-state index contributed by atoms with van der Waals surface area (Å²) in [6.45, 7) is 4.07. The van der Waals surface area contributed by atoms with Crippen molar-refractivity contribution in [3.63, 3.8) is 0 Å². The Kier molecular flexibility index (Phi) is 4.45. The first kappa shape index (κ1) is 15.0. The first-order valence-corrected chi connectivity index (χ1v) is 7.38. The van der Waals surface area contributed by atoms with Crippen molar-refractivity contribution in [1.29, 1.82) is 0 Å². The third kappa shape index (κ3) is 3.38. The highest BCUT2D eigenvalue weighted by Crippen LogP contribution is 2.37. The number of ketones is 1. The molecule has 5 atom stereocenters. The van der Waals surface area contributed by atoms with Gasteiger partial charge < -0.3 is 10.5 Å². The van der Waals surface area contributed by atoms with Crippen LogP contribution in [-0.4, -0.2) is 23.8 Å². The van der Waals surface area contributed by atoms with Crippen LogP contribution in [0.1, 0.15) is 46.0 Å². The maximum Gasteiger partial charge on any atom is 0.306 e. The summed E-state index contributed by atoms with van der Waals surface area (Å²) >= 11 is 0. The third-order valence-electron chi connectivity index (χ3n) is 4.51. The average Bonchev–Trinajstić information content (AvgIpc) is 2.32. The second-order valence-electron chi connectivity index (χ2n) is 6.49. The van der Waals surface area contributed by atoms with Crippen LogP contribution in [0.4, 0.5) is 0 Å². The number of carbonyl (C=O) groups is 3. The Labute approximate surface area is 119 Å². The number of amides is 1. The molecule has 0 aromatic heterocycles. The second kappa shape index (κ2) is 5.94. The van der Waals surface area contributed by atoms with Gasteiger partial charge in [0.25, 0.3) is 0 Å². The quantitative estimate of drug-likeness (QED) is 0.793. The summed E-state index contributed by atoms with van der Waals surface area (Å²) in [6.07, 6.45) is 2.29. The van der Waals surface area contributed by atoms with Crippen molar-refractivity contribution in [2.45, 2.75) is 52.1 Å². The highest BCUT2D eigenvalue weighted by Gasteiger charge is 2.42. The Hall–Kier alpha value is -1.39. The molecule has 1 heterocycles. The standard InChI is InChI=1S/C15H23NO4/c1-8-3-9(2)15(19)11(4-8)12-5-10(6-13(16)17)7-14(18)20-12/h8-12H,3-7H2,1-2H3,(H2,16,17)/t8-,9-,10-,11+,12+/m1/s1. The van der Waals surface area contributed by atoms with E-state index in [1.165, 1.54) is 0 Å². The van der Waals surface area contributed by atoms with Gasteiger partial charge in [0.15, 0.2) is 0 Å². The van der Waals surface area contributed by atoms with Crippen molar-refractivity contribution in [3.8, 4) is 0 Å². The molecule has 5 heteroatoms. The second-order valence-corrected chi connectivity index (χ2v) is 6.49. The first-order chi connectivity index (χ1) is 9.36. The van der Waals surface area contributed by atoms with Gasteiger partial charge in [-0.05, 0) is 31.1 Å². The summed E-state index contributed by atoms with van der Waals surface area (Å²) in [5.74, 6) is -0.332. The number of rotatable bonds is 3. The smallest absolute Gasteiger partial charge is 0.306 e. The van der Waals surface area contributed by atoms with Crippen molar-refractivity contribution < 1.29 is 19.1 Å². The monoisotopic (exact) mass is 281 g/mol. The number of carbonyl (C=O) groups excluding carboxylic acids is 3. The predicted octanol–water partition coefficient (Wildman–Crippen LogP) is 1.43. The van der Waals surface area contributed by atoms with Crippen molar-refractivity contribution in [1.82, 2.24) is 0 Å². The van der Waals surface area contributed by atoms with Gasteiger partial charge in [-0.1, -0.05) is 13.8 Å². The van der Waals surface area contributed by atoms with Gasteiger partial charge in [0.05, 0.1) is 5.92 Å². The molecule has 2 aliphatic rings. The Morgan fingerprint density at radius 1 is 1.25 bits per heavy atom. The normalized spacial score (nSPS) is 38.4. The maximum atomic E-state index is 12.3. The minimum absolute atomic E-state index is 0.0268. The lowest BCUT2D eigenvalue weighted by atomic mass is 9.71. The molecule has 0 bridgehead atoms. The van der Waals surface area contributed by atoms with Crippen LogP contribution >= 0.6 is 0 Å². The number of hydrogen-bond acceptors (Lipinski definition) is 4. The fourth-order valence-corrected chi connectivity index (χ4v) is 3.67. The van der Waals surface area contributed by atoms with Crippen LogP contribution < -0.4 is 5.73 Å². The van der Waals surface area contributed by atoms with E-state index in [0.717, 1.165) is 12.8 Å². The van der Waals surface area contributed by atoms with E-state index in [1.54, 1.807) is 0 Å². The lowest BCUT2D eigenvalue weighted by Gasteiger charge is -2.38. The molecule has 1 aliphatic heterocycles. The summed E-state index contributed by atoms with van der Waals surface area (Å²) in [5, 5.41) is 0. The van der Waals surface area contributed by atoms with E-state index in [9.17, 15) is 14.4 Å². The Morgan fingerprint density at radius 3 is 2.60 bits per heavy atom. The van der Waals surface area contributed by atoms with E-state index < -0.39 is 5.91 Å². The summed E-state index contributed by atoms with van der Waals surface area (Å²) in [5.41, 5.74) is 5.21. The van der Waals surface area contributed by atoms with Gasteiger partial charge in [0.1, 0.15) is 11.9 Å². The third-order valence-corrected chi connectivity index (χ3v) is 4.51. The van der Waals surface area contributed by atoms with Gasteiger partial charge in [-0.25, -0.2) is 0 Å². The fraction of sp³-hybridized carbons (Fsp3) is 0.800. The summed E-state index contributed by atoms with van der Waals surface area (Å²) in [7, 11) is 0. The van der Waals surface area contributed by atoms with Crippen LogP contribution in [0.25, 0.3) is 0 Å². The zero-order valence-corrected chi connectivity index (χ0v) is 12.1. The van der Waals surface area contributed by atoms with Crippen molar-refractivity contribution >= 4 is 17.7 Å². The van der Waals surface area contributed by atoms with E-state index >= 15 is 0 Å². The molecular formula is C15H23NO4. The molecule has 112 valence electrons. The fourth-order valence-electron chi connectivity index (χ4n) is 3.67. The summed E-state index contributed by atoms with van der Waals surface area (Å²) < 4.78 is 5.39. The van der Waals surface area contributed by atoms with Gasteiger partial charge in [0.2, 0.25) is 5.91 Å². The summed E-state index contributed by atoms with van der Waals surface area (Å²) in [4.78, 5) is 35.0. The molecule has 1 saturated carbocycles. The average molecular weight is 281 g/mol. The van der Waals surface area contributed by atoms with Crippen molar-refractivity contribution in [2.24, 2.45) is 29.4 Å². The molecule has 1 aliphatic carbocycles. The largest absolute Gasteiger partial charge is 0.462 e. The van der Waals surface area contributed by atoms with Gasteiger partial charge >= 0.3 is 5.97 Å². The van der Waals surface area contributed by atoms with E-state index in [-0.39, 0.29) is 48.5 Å². The van der Waals surface area contributed by atoms with Gasteiger partial charge in [-0.2, -0.15) is 0 Å². The highest BCUT2D eigenvalue weighted by atomic mass is 16.5. The number of ether oxygens (including phenoxy) is 1. The minimum Gasteiger partial charge on any atom is -0.462 e. The van der Waals surface area contributed by atoms with Crippen molar-refractivity contribution in [3.05, 3.63) is 0 Å². The molecule has 0 aromatic rings. The lowest BCUT2D eigenvalue weighted by Crippen LogP contribution is -2.44. The van der Waals surface area contributed by atoms with E-state index in [1.807, 2.05) is 6.92 Å². The maximum absolute atomic E-state index is 12.3. The number of esters is 1. The number of Topliss-reactive ketones (excluding diaryl/α,β-unsaturated/α-hetero) is 1. The van der Waals surface area contributed by atoms with E-state index in [2.05, 4.69) is 6.92 Å². The van der Waals surface area contributed by atoms with E-state index in [4.69, 9.17) is 10.5 Å². The number of primary amides is 1. The van der Waals surface area contributed by atoms with Crippen LogP contribution in [0.15, 0.2) is 0 Å². The van der Waals surface area contributed by atoms with Crippen LogP contribution in [0.5, 0.6) is 0 Å². The van der Waals surface area contributed by atoms with Crippen LogP contribution in [0.3, 0.4) is 0 Å². The van der Waals surface area contributed by atoms with Crippen LogP contribution in [0.2, 0.25) is 0 Å². The van der Waals surface area contributed by atoms with E-state index in [0.29, 0.717) is 12.3 Å². The minimum atomic E-state index is -0.403. The molecule has 0 aromatic carbocycles. The molecule has 2 N–H and O–H groups in total. The summed E-state index contributed by atoms with van der Waals surface area (Å²) in [6, 6.07) is 0. The molecule has 20 heavy (non-hydrogen) atoms.